The minimum absolute atomic E-state index is 0.156. The average Bonchev–Trinajstić information content (AvgIpc) is 3.23. The number of thioether (sulfide) groups is 1. The van der Waals surface area contributed by atoms with E-state index in [9.17, 15) is 4.79 Å². The highest BCUT2D eigenvalue weighted by Gasteiger charge is 2.20. The number of anilines is 1. The Hall–Kier alpha value is -1.60. The fourth-order valence-corrected chi connectivity index (χ4v) is 5.53. The van der Waals surface area contributed by atoms with Crippen LogP contribution in [0.3, 0.4) is 0 Å². The van der Waals surface area contributed by atoms with E-state index in [1.807, 2.05) is 29.2 Å². The second kappa shape index (κ2) is 12.6. The number of hydrogen-bond donors (Lipinski definition) is 0. The molecule has 0 atom stereocenters. The van der Waals surface area contributed by atoms with Crippen LogP contribution in [0.5, 0.6) is 0 Å². The molecule has 2 aromatic carbocycles. The standard InChI is InChI=1S/C25H32ClN3OS2/c1-4-19-9-14-22-23(18-19)32-25(27-22)29(16-15-28(5-2)6-3)24(30)8-7-17-31-21-12-10-20(26)11-13-21/h9-14,18H,4-8,15-17H2,1-3H3. The third kappa shape index (κ3) is 6.95. The van der Waals surface area contributed by atoms with E-state index < -0.39 is 0 Å². The molecule has 3 aromatic rings. The molecule has 1 heterocycles. The van der Waals surface area contributed by atoms with Crippen molar-refractivity contribution in [1.82, 2.24) is 9.88 Å². The smallest absolute Gasteiger partial charge is 0.228 e. The van der Waals surface area contributed by atoms with Gasteiger partial charge < -0.3 is 4.90 Å². The summed E-state index contributed by atoms with van der Waals surface area (Å²) in [6, 6.07) is 14.3. The van der Waals surface area contributed by atoms with E-state index in [1.165, 1.54) is 10.5 Å². The third-order valence-electron chi connectivity index (χ3n) is 5.53. The maximum Gasteiger partial charge on any atom is 0.228 e. The molecule has 0 aliphatic heterocycles. The van der Waals surface area contributed by atoms with Crippen LogP contribution < -0.4 is 4.90 Å². The molecule has 0 bridgehead atoms. The fourth-order valence-electron chi connectivity index (χ4n) is 3.48. The predicted molar refractivity (Wildman–Crippen MR) is 141 cm³/mol. The van der Waals surface area contributed by atoms with Gasteiger partial charge in [0.2, 0.25) is 5.91 Å². The summed E-state index contributed by atoms with van der Waals surface area (Å²) in [5, 5.41) is 1.56. The number of likely N-dealkylation sites (N-methyl/N-ethyl adjacent to an activating group) is 1. The molecular weight excluding hydrogens is 458 g/mol. The van der Waals surface area contributed by atoms with Gasteiger partial charge >= 0.3 is 0 Å². The lowest BCUT2D eigenvalue weighted by atomic mass is 10.2. The predicted octanol–water partition coefficient (Wildman–Crippen LogP) is 6.76. The number of aryl methyl sites for hydroxylation is 1. The maximum atomic E-state index is 13.2. The second-order valence-corrected chi connectivity index (χ2v) is 10.2. The van der Waals surface area contributed by atoms with Crippen molar-refractivity contribution in [2.24, 2.45) is 0 Å². The second-order valence-electron chi connectivity index (χ2n) is 7.63. The van der Waals surface area contributed by atoms with Crippen LogP contribution in [0.2, 0.25) is 5.02 Å². The van der Waals surface area contributed by atoms with Crippen LogP contribution in [0.4, 0.5) is 5.13 Å². The summed E-state index contributed by atoms with van der Waals surface area (Å²) in [5.41, 5.74) is 2.27. The maximum absolute atomic E-state index is 13.2. The lowest BCUT2D eigenvalue weighted by molar-refractivity contribution is -0.118. The van der Waals surface area contributed by atoms with E-state index in [0.29, 0.717) is 13.0 Å². The molecule has 0 radical (unpaired) electrons. The summed E-state index contributed by atoms with van der Waals surface area (Å²) in [4.78, 5) is 23.5. The van der Waals surface area contributed by atoms with Crippen LogP contribution >= 0.6 is 34.7 Å². The summed E-state index contributed by atoms with van der Waals surface area (Å²) < 4.78 is 1.15. The molecule has 1 amide bonds. The van der Waals surface area contributed by atoms with Gasteiger partial charge in [0.15, 0.2) is 5.13 Å². The number of nitrogens with zero attached hydrogens (tertiary/aromatic N) is 3. The number of amides is 1. The number of thiazole rings is 1. The molecule has 0 fully saturated rings. The number of hydrogen-bond acceptors (Lipinski definition) is 5. The molecule has 1 aromatic heterocycles. The van der Waals surface area contributed by atoms with Gasteiger partial charge in [0, 0.05) is 29.4 Å². The van der Waals surface area contributed by atoms with Crippen molar-refractivity contribution in [2.75, 3.05) is 36.8 Å². The molecule has 0 saturated heterocycles. The van der Waals surface area contributed by atoms with E-state index in [-0.39, 0.29) is 5.91 Å². The normalized spacial score (nSPS) is 11.4. The van der Waals surface area contributed by atoms with Gasteiger partial charge in [-0.15, -0.1) is 11.8 Å². The van der Waals surface area contributed by atoms with E-state index >= 15 is 0 Å². The first-order chi connectivity index (χ1) is 15.5. The van der Waals surface area contributed by atoms with Gasteiger partial charge in [-0.3, -0.25) is 9.69 Å². The highest BCUT2D eigenvalue weighted by molar-refractivity contribution is 7.99. The van der Waals surface area contributed by atoms with E-state index in [2.05, 4.69) is 43.9 Å². The molecule has 4 nitrogen and oxygen atoms in total. The van der Waals surface area contributed by atoms with Crippen molar-refractivity contribution in [3.63, 3.8) is 0 Å². The van der Waals surface area contributed by atoms with Crippen molar-refractivity contribution >= 4 is 56.0 Å². The van der Waals surface area contributed by atoms with Crippen LogP contribution in [-0.2, 0) is 11.2 Å². The van der Waals surface area contributed by atoms with Crippen LogP contribution in [0.1, 0.15) is 39.2 Å². The Balaban J connectivity index is 1.67. The Kier molecular flexibility index (Phi) is 9.85. The molecular formula is C25H32ClN3OS2. The van der Waals surface area contributed by atoms with Gasteiger partial charge in [-0.05, 0) is 73.6 Å². The lowest BCUT2D eigenvalue weighted by Gasteiger charge is -2.24. The van der Waals surface area contributed by atoms with Gasteiger partial charge in [0.1, 0.15) is 0 Å². The zero-order valence-corrected chi connectivity index (χ0v) is 21.5. The first-order valence-corrected chi connectivity index (χ1v) is 13.5. The summed E-state index contributed by atoms with van der Waals surface area (Å²) in [6.45, 7) is 9.97. The summed E-state index contributed by atoms with van der Waals surface area (Å²) >= 11 is 9.35. The minimum Gasteiger partial charge on any atom is -0.302 e. The van der Waals surface area contributed by atoms with Gasteiger partial charge in [0.25, 0.3) is 0 Å². The van der Waals surface area contributed by atoms with E-state index in [4.69, 9.17) is 16.6 Å². The Bertz CT molecular complexity index is 1000. The van der Waals surface area contributed by atoms with Crippen LogP contribution in [0.25, 0.3) is 10.2 Å². The van der Waals surface area contributed by atoms with Gasteiger partial charge in [-0.25, -0.2) is 4.98 Å². The minimum atomic E-state index is 0.156. The first-order valence-electron chi connectivity index (χ1n) is 11.3. The summed E-state index contributed by atoms with van der Waals surface area (Å²) in [6.07, 6.45) is 2.35. The van der Waals surface area contributed by atoms with Crippen LogP contribution in [-0.4, -0.2) is 47.7 Å². The van der Waals surface area contributed by atoms with Crippen LogP contribution in [0, 0.1) is 0 Å². The number of aromatic nitrogens is 1. The molecule has 32 heavy (non-hydrogen) atoms. The Morgan fingerprint density at radius 3 is 2.50 bits per heavy atom. The van der Waals surface area contributed by atoms with Crippen molar-refractivity contribution in [3.8, 4) is 0 Å². The van der Waals surface area contributed by atoms with Gasteiger partial charge in [-0.2, -0.15) is 0 Å². The molecule has 0 aliphatic carbocycles. The average molecular weight is 490 g/mol. The van der Waals surface area contributed by atoms with Crippen LogP contribution in [0.15, 0.2) is 47.4 Å². The molecule has 0 saturated carbocycles. The quantitative estimate of drug-likeness (QED) is 0.208. The topological polar surface area (TPSA) is 36.4 Å². The molecule has 0 N–H and O–H groups in total. The molecule has 0 spiro atoms. The monoisotopic (exact) mass is 489 g/mol. The van der Waals surface area contributed by atoms with Crippen molar-refractivity contribution in [2.45, 2.75) is 44.9 Å². The Morgan fingerprint density at radius 1 is 1.06 bits per heavy atom. The summed E-state index contributed by atoms with van der Waals surface area (Å²) in [7, 11) is 0. The molecule has 172 valence electrons. The molecule has 3 rings (SSSR count). The number of carbonyl (C=O) groups is 1. The zero-order valence-electron chi connectivity index (χ0n) is 19.1. The molecule has 0 aliphatic rings. The zero-order chi connectivity index (χ0) is 22.9. The molecule has 7 heteroatoms. The van der Waals surface area contributed by atoms with Gasteiger partial charge in [-0.1, -0.05) is 49.8 Å². The van der Waals surface area contributed by atoms with E-state index in [0.717, 1.165) is 58.6 Å². The van der Waals surface area contributed by atoms with E-state index in [1.54, 1.807) is 23.1 Å². The number of carbonyl (C=O) groups excluding carboxylic acids is 1. The van der Waals surface area contributed by atoms with Crippen molar-refractivity contribution in [3.05, 3.63) is 53.1 Å². The third-order valence-corrected chi connectivity index (χ3v) is 7.92. The lowest BCUT2D eigenvalue weighted by Crippen LogP contribution is -2.38. The number of halogens is 1. The SMILES string of the molecule is CCc1ccc2nc(N(CCN(CC)CC)C(=O)CCCSc3ccc(Cl)cc3)sc2c1. The highest BCUT2D eigenvalue weighted by Crippen LogP contribution is 2.30. The first kappa shape index (κ1) is 25.0. The Morgan fingerprint density at radius 2 is 1.81 bits per heavy atom. The largest absolute Gasteiger partial charge is 0.302 e. The fraction of sp³-hybridized carbons (Fsp3) is 0.440. The molecule has 0 unspecified atom stereocenters. The van der Waals surface area contributed by atoms with Crippen molar-refractivity contribution in [1.29, 1.82) is 0 Å². The Labute approximate surface area is 205 Å². The number of rotatable bonds is 12. The number of benzene rings is 2. The van der Waals surface area contributed by atoms with Crippen molar-refractivity contribution < 1.29 is 4.79 Å². The number of fused-ring (bicyclic) bond motifs is 1. The summed E-state index contributed by atoms with van der Waals surface area (Å²) in [5.74, 6) is 1.06. The highest BCUT2D eigenvalue weighted by atomic mass is 35.5. The van der Waals surface area contributed by atoms with Gasteiger partial charge in [0.05, 0.1) is 10.2 Å².